The van der Waals surface area contributed by atoms with E-state index >= 15 is 0 Å². The van der Waals surface area contributed by atoms with Gasteiger partial charge in [0.2, 0.25) is 5.75 Å². The van der Waals surface area contributed by atoms with E-state index in [0.717, 1.165) is 5.56 Å². The molecular formula is C19H20O4. The molecular weight excluding hydrogens is 292 g/mol. The molecule has 0 atom stereocenters. The summed E-state index contributed by atoms with van der Waals surface area (Å²) in [6.45, 7) is 0. The Morgan fingerprint density at radius 3 is 2.09 bits per heavy atom. The zero-order valence-corrected chi connectivity index (χ0v) is 13.5. The van der Waals surface area contributed by atoms with Crippen LogP contribution in [0.5, 0.6) is 17.2 Å². The number of allylic oxidation sites excluding steroid dienone is 1. The van der Waals surface area contributed by atoms with Crippen molar-refractivity contribution >= 4 is 11.9 Å². The fraction of sp³-hybridized carbons (Fsp3) is 0.211. The highest BCUT2D eigenvalue weighted by Crippen LogP contribution is 2.38. The third-order valence-electron chi connectivity index (χ3n) is 3.40. The number of carbonyl (C=O) groups excluding carboxylic acids is 1. The van der Waals surface area contributed by atoms with Gasteiger partial charge in [0.1, 0.15) is 0 Å². The molecule has 0 aliphatic carbocycles. The molecule has 2 rings (SSSR count). The predicted octanol–water partition coefficient (Wildman–Crippen LogP) is 4.00. The first-order chi connectivity index (χ1) is 11.2. The van der Waals surface area contributed by atoms with Crippen LogP contribution in [0.2, 0.25) is 0 Å². The second-order valence-electron chi connectivity index (χ2n) is 4.85. The monoisotopic (exact) mass is 312 g/mol. The maximum atomic E-state index is 12.4. The number of carbonyl (C=O) groups is 1. The van der Waals surface area contributed by atoms with Crippen LogP contribution in [0.15, 0.2) is 48.5 Å². The van der Waals surface area contributed by atoms with Gasteiger partial charge in [-0.05, 0) is 17.7 Å². The topological polar surface area (TPSA) is 44.8 Å². The molecule has 0 saturated carbocycles. The zero-order chi connectivity index (χ0) is 16.7. The minimum atomic E-state index is -0.0172. The zero-order valence-electron chi connectivity index (χ0n) is 13.5. The lowest BCUT2D eigenvalue weighted by molar-refractivity contribution is 0.0995. The first-order valence-corrected chi connectivity index (χ1v) is 7.24. The van der Waals surface area contributed by atoms with E-state index < -0.39 is 0 Å². The summed E-state index contributed by atoms with van der Waals surface area (Å²) in [5.74, 6) is 1.41. The third kappa shape index (κ3) is 4.13. The maximum absolute atomic E-state index is 12.4. The average Bonchev–Trinajstić information content (AvgIpc) is 2.61. The summed E-state index contributed by atoms with van der Waals surface area (Å²) in [6.07, 6.45) is 4.07. The second-order valence-corrected chi connectivity index (χ2v) is 4.85. The standard InChI is InChI=1S/C19H20O4/c1-21-17-12-15(13-18(22-2)19(17)23-3)16(20)11-7-10-14-8-5-4-6-9-14/h4-10,12-13H,11H2,1-3H3/b10-7+. The summed E-state index contributed by atoms with van der Waals surface area (Å²) >= 11 is 0. The van der Waals surface area contributed by atoms with Crippen molar-refractivity contribution in [1.29, 1.82) is 0 Å². The number of rotatable bonds is 7. The first-order valence-electron chi connectivity index (χ1n) is 7.24. The van der Waals surface area contributed by atoms with Crippen LogP contribution in [0.1, 0.15) is 22.3 Å². The van der Waals surface area contributed by atoms with Gasteiger partial charge < -0.3 is 14.2 Å². The van der Waals surface area contributed by atoms with E-state index in [1.165, 1.54) is 21.3 Å². The van der Waals surface area contributed by atoms with Gasteiger partial charge >= 0.3 is 0 Å². The van der Waals surface area contributed by atoms with E-state index in [2.05, 4.69) is 0 Å². The van der Waals surface area contributed by atoms with Crippen LogP contribution in [-0.2, 0) is 0 Å². The van der Waals surface area contributed by atoms with Gasteiger partial charge in [-0.15, -0.1) is 0 Å². The number of benzene rings is 2. The Morgan fingerprint density at radius 1 is 0.957 bits per heavy atom. The van der Waals surface area contributed by atoms with Gasteiger partial charge in [0.15, 0.2) is 17.3 Å². The number of hydrogen-bond donors (Lipinski definition) is 0. The van der Waals surface area contributed by atoms with Crippen LogP contribution >= 0.6 is 0 Å². The smallest absolute Gasteiger partial charge is 0.203 e. The van der Waals surface area contributed by atoms with Crippen LogP contribution in [0.4, 0.5) is 0 Å². The largest absolute Gasteiger partial charge is 0.493 e. The van der Waals surface area contributed by atoms with Crippen molar-refractivity contribution in [2.24, 2.45) is 0 Å². The molecule has 0 aliphatic rings. The molecule has 4 nitrogen and oxygen atoms in total. The van der Waals surface area contributed by atoms with Gasteiger partial charge in [0.05, 0.1) is 21.3 Å². The molecule has 23 heavy (non-hydrogen) atoms. The molecule has 0 radical (unpaired) electrons. The highest BCUT2D eigenvalue weighted by atomic mass is 16.5. The molecule has 0 N–H and O–H groups in total. The van der Waals surface area contributed by atoms with Crippen molar-refractivity contribution in [2.45, 2.75) is 6.42 Å². The fourth-order valence-electron chi connectivity index (χ4n) is 2.23. The summed E-state index contributed by atoms with van der Waals surface area (Å²) in [5, 5.41) is 0. The Morgan fingerprint density at radius 2 is 1.57 bits per heavy atom. The SMILES string of the molecule is COc1cc(C(=O)C/C=C/c2ccccc2)cc(OC)c1OC. The van der Waals surface area contributed by atoms with Crippen molar-refractivity contribution in [2.75, 3.05) is 21.3 Å². The van der Waals surface area contributed by atoms with Crippen molar-refractivity contribution in [3.05, 3.63) is 59.7 Å². The molecule has 0 unspecified atom stereocenters. The van der Waals surface area contributed by atoms with Gasteiger partial charge in [-0.25, -0.2) is 0 Å². The minimum Gasteiger partial charge on any atom is -0.493 e. The van der Waals surface area contributed by atoms with E-state index in [-0.39, 0.29) is 5.78 Å². The molecule has 0 amide bonds. The van der Waals surface area contributed by atoms with E-state index in [1.54, 1.807) is 12.1 Å². The van der Waals surface area contributed by atoms with E-state index in [4.69, 9.17) is 14.2 Å². The summed E-state index contributed by atoms with van der Waals surface area (Å²) in [7, 11) is 4.59. The van der Waals surface area contributed by atoms with Gasteiger partial charge in [-0.2, -0.15) is 0 Å². The molecule has 2 aromatic carbocycles. The highest BCUT2D eigenvalue weighted by molar-refractivity contribution is 5.98. The van der Waals surface area contributed by atoms with Crippen LogP contribution in [0.3, 0.4) is 0 Å². The maximum Gasteiger partial charge on any atom is 0.203 e. The molecule has 120 valence electrons. The van der Waals surface area contributed by atoms with Gasteiger partial charge in [0.25, 0.3) is 0 Å². The number of methoxy groups -OCH3 is 3. The Labute approximate surface area is 136 Å². The normalized spacial score (nSPS) is 10.6. The van der Waals surface area contributed by atoms with Gasteiger partial charge in [-0.1, -0.05) is 42.5 Å². The molecule has 2 aromatic rings. The molecule has 0 aromatic heterocycles. The van der Waals surface area contributed by atoms with E-state index in [0.29, 0.717) is 29.2 Å². The molecule has 0 saturated heterocycles. The molecule has 0 fully saturated rings. The Kier molecular flexibility index (Phi) is 5.80. The van der Waals surface area contributed by atoms with Crippen molar-refractivity contribution in [3.8, 4) is 17.2 Å². The lowest BCUT2D eigenvalue weighted by Gasteiger charge is -2.13. The molecule has 0 heterocycles. The van der Waals surface area contributed by atoms with Crippen molar-refractivity contribution < 1.29 is 19.0 Å². The van der Waals surface area contributed by atoms with Crippen LogP contribution in [0.25, 0.3) is 6.08 Å². The summed E-state index contributed by atoms with van der Waals surface area (Å²) in [6, 6.07) is 13.2. The second kappa shape index (κ2) is 8.03. The number of hydrogen-bond acceptors (Lipinski definition) is 4. The van der Waals surface area contributed by atoms with Gasteiger partial charge in [-0.3, -0.25) is 4.79 Å². The highest BCUT2D eigenvalue weighted by Gasteiger charge is 2.16. The third-order valence-corrected chi connectivity index (χ3v) is 3.40. The Bertz CT molecular complexity index is 665. The summed E-state index contributed by atoms with van der Waals surface area (Å²) in [4.78, 5) is 12.4. The first kappa shape index (κ1) is 16.6. The fourth-order valence-corrected chi connectivity index (χ4v) is 2.23. The molecule has 4 heteroatoms. The van der Waals surface area contributed by atoms with Gasteiger partial charge in [0, 0.05) is 12.0 Å². The Balaban J connectivity index is 2.17. The lowest BCUT2D eigenvalue weighted by Crippen LogP contribution is -2.01. The quantitative estimate of drug-likeness (QED) is 0.725. The minimum absolute atomic E-state index is 0.0172. The van der Waals surface area contributed by atoms with E-state index in [9.17, 15) is 4.79 Å². The van der Waals surface area contributed by atoms with Crippen LogP contribution in [0, 0.1) is 0 Å². The number of ether oxygens (including phenoxy) is 3. The number of ketones is 1. The van der Waals surface area contributed by atoms with E-state index in [1.807, 2.05) is 42.5 Å². The molecule has 0 spiro atoms. The van der Waals surface area contributed by atoms with Crippen LogP contribution < -0.4 is 14.2 Å². The van der Waals surface area contributed by atoms with Crippen molar-refractivity contribution in [1.82, 2.24) is 0 Å². The summed E-state index contributed by atoms with van der Waals surface area (Å²) < 4.78 is 15.8. The predicted molar refractivity (Wildman–Crippen MR) is 90.5 cm³/mol. The van der Waals surface area contributed by atoms with Crippen LogP contribution in [-0.4, -0.2) is 27.1 Å². The summed E-state index contributed by atoms with van der Waals surface area (Å²) in [5.41, 5.74) is 1.59. The average molecular weight is 312 g/mol. The Hall–Kier alpha value is -2.75. The molecule has 0 aliphatic heterocycles. The van der Waals surface area contributed by atoms with Crippen molar-refractivity contribution in [3.63, 3.8) is 0 Å². The number of Topliss-reactive ketones (excluding diaryl/α,β-unsaturated/α-hetero) is 1. The lowest BCUT2D eigenvalue weighted by atomic mass is 10.1. The molecule has 0 bridgehead atoms.